The van der Waals surface area contributed by atoms with E-state index in [-0.39, 0.29) is 0 Å². The van der Waals surface area contributed by atoms with Gasteiger partial charge in [-0.15, -0.1) is 0 Å². The summed E-state index contributed by atoms with van der Waals surface area (Å²) < 4.78 is 2.11. The smallest absolute Gasteiger partial charge is 0.160 e. The van der Waals surface area contributed by atoms with Crippen molar-refractivity contribution in [2.24, 2.45) is 0 Å². The molecule has 0 amide bonds. The summed E-state index contributed by atoms with van der Waals surface area (Å²) in [6.07, 6.45) is 0. The number of hydrogen-bond donors (Lipinski definition) is 0. The number of para-hydroxylation sites is 1. The lowest BCUT2D eigenvalue weighted by molar-refractivity contribution is 0.918. The average molecular weight is 703 g/mol. The van der Waals surface area contributed by atoms with E-state index in [1.165, 1.54) is 16.5 Å². The first-order valence-corrected chi connectivity index (χ1v) is 18.5. The fraction of sp³-hybridized carbons (Fsp3) is 0. The van der Waals surface area contributed by atoms with Gasteiger partial charge in [-0.25, -0.2) is 14.6 Å². The summed E-state index contributed by atoms with van der Waals surface area (Å²) in [5, 5.41) is 8.86. The van der Waals surface area contributed by atoms with Crippen LogP contribution in [0.1, 0.15) is 0 Å². The Hall–Kier alpha value is -7.43. The monoisotopic (exact) mass is 702 g/mol. The van der Waals surface area contributed by atoms with Gasteiger partial charge in [0.15, 0.2) is 5.82 Å². The van der Waals surface area contributed by atoms with Crippen LogP contribution in [0.15, 0.2) is 206 Å². The average Bonchev–Trinajstić information content (AvgIpc) is 3.68. The Kier molecular flexibility index (Phi) is 8.12. The molecule has 0 spiro atoms. The second kappa shape index (κ2) is 13.8. The molecule has 10 rings (SSSR count). The van der Waals surface area contributed by atoms with E-state index < -0.39 is 0 Å². The first kappa shape index (κ1) is 32.2. The molecule has 0 saturated carbocycles. The van der Waals surface area contributed by atoms with Crippen molar-refractivity contribution >= 4 is 21.7 Å². The molecule has 0 unspecified atom stereocenters. The molecule has 0 radical (unpaired) electrons. The molecule has 2 aromatic heterocycles. The largest absolute Gasteiger partial charge is 0.232 e. The van der Waals surface area contributed by atoms with Gasteiger partial charge >= 0.3 is 0 Å². The first-order chi connectivity index (χ1) is 27.3. The van der Waals surface area contributed by atoms with Crippen LogP contribution in [-0.2, 0) is 0 Å². The number of aromatic nitrogens is 4. The Morgan fingerprint density at radius 1 is 0.364 bits per heavy atom. The molecule has 0 aliphatic heterocycles. The van der Waals surface area contributed by atoms with Gasteiger partial charge in [-0.3, -0.25) is 0 Å². The third-order valence-electron chi connectivity index (χ3n) is 10.3. The van der Waals surface area contributed by atoms with Crippen LogP contribution < -0.4 is 0 Å². The Morgan fingerprint density at radius 2 is 0.836 bits per heavy atom. The minimum Gasteiger partial charge on any atom is -0.232 e. The van der Waals surface area contributed by atoms with Gasteiger partial charge in [0.2, 0.25) is 0 Å². The van der Waals surface area contributed by atoms with Crippen molar-refractivity contribution in [2.45, 2.75) is 0 Å². The highest BCUT2D eigenvalue weighted by Gasteiger charge is 2.21. The van der Waals surface area contributed by atoms with E-state index >= 15 is 0 Å². The molecule has 0 saturated heterocycles. The zero-order chi connectivity index (χ0) is 36.6. The molecule has 0 aliphatic rings. The number of hydrogen-bond acceptors (Lipinski definition) is 3. The van der Waals surface area contributed by atoms with Crippen molar-refractivity contribution in [3.63, 3.8) is 0 Å². The number of nitrogens with zero attached hydrogens (tertiary/aromatic N) is 4. The lowest BCUT2D eigenvalue weighted by atomic mass is 9.93. The van der Waals surface area contributed by atoms with Gasteiger partial charge in [0, 0.05) is 33.0 Å². The Bertz CT molecular complexity index is 2920. The molecule has 0 N–H and O–H groups in total. The van der Waals surface area contributed by atoms with E-state index in [1.54, 1.807) is 0 Å². The molecule has 2 heterocycles. The number of fused-ring (bicyclic) bond motifs is 3. The van der Waals surface area contributed by atoms with Gasteiger partial charge in [-0.1, -0.05) is 182 Å². The molecule has 10 aromatic rings. The van der Waals surface area contributed by atoms with Crippen molar-refractivity contribution in [3.8, 4) is 73.1 Å². The molecule has 8 aromatic carbocycles. The second-order valence-electron chi connectivity index (χ2n) is 13.7. The van der Waals surface area contributed by atoms with Gasteiger partial charge in [0.25, 0.3) is 0 Å². The summed E-state index contributed by atoms with van der Waals surface area (Å²) >= 11 is 0. The van der Waals surface area contributed by atoms with Crippen LogP contribution in [0.4, 0.5) is 0 Å². The van der Waals surface area contributed by atoms with Crippen LogP contribution in [0.2, 0.25) is 0 Å². The Labute approximate surface area is 319 Å². The molecule has 55 heavy (non-hydrogen) atoms. The SMILES string of the molecule is c1ccc(-c2ccc(-c3cc(-c4ccc(-c5nn(-c6ccccc6)c6c5c(-c5ccccc5)cc5ccccc56)cc4)nc(-c4ccccc4)n3)cc2)cc1. The highest BCUT2D eigenvalue weighted by Crippen LogP contribution is 2.42. The van der Waals surface area contributed by atoms with E-state index in [1.807, 2.05) is 30.3 Å². The summed E-state index contributed by atoms with van der Waals surface area (Å²) in [4.78, 5) is 10.2. The van der Waals surface area contributed by atoms with Crippen molar-refractivity contribution in [3.05, 3.63) is 206 Å². The third kappa shape index (κ3) is 6.06. The summed E-state index contributed by atoms with van der Waals surface area (Å²) in [6, 6.07) is 72.0. The highest BCUT2D eigenvalue weighted by molar-refractivity contribution is 6.17. The van der Waals surface area contributed by atoms with Crippen LogP contribution in [-0.4, -0.2) is 19.7 Å². The lowest BCUT2D eigenvalue weighted by Crippen LogP contribution is -1.97. The standard InChI is InChI=1S/C51H34N4/c1-5-15-35(16-6-1)36-25-27-38(28-26-36)46-34-47(53-51(52-46)41-19-9-3-10-20-41)39-29-31-40(32-30-39)49-48-45(37-17-7-2-8-18-37)33-42-21-13-14-24-44(42)50(48)55(54-49)43-22-11-4-12-23-43/h1-34H. The molecule has 258 valence electrons. The lowest BCUT2D eigenvalue weighted by Gasteiger charge is -2.11. The van der Waals surface area contributed by atoms with Crippen LogP contribution >= 0.6 is 0 Å². The Balaban J connectivity index is 1.12. The van der Waals surface area contributed by atoms with Gasteiger partial charge in [0.05, 0.1) is 22.6 Å². The quantitative estimate of drug-likeness (QED) is 0.166. The van der Waals surface area contributed by atoms with E-state index in [0.29, 0.717) is 5.82 Å². The topological polar surface area (TPSA) is 43.6 Å². The molecule has 0 aliphatic carbocycles. The number of benzene rings is 8. The summed E-state index contributed by atoms with van der Waals surface area (Å²) in [5.74, 6) is 0.691. The first-order valence-electron chi connectivity index (χ1n) is 18.5. The second-order valence-corrected chi connectivity index (χ2v) is 13.7. The fourth-order valence-corrected chi connectivity index (χ4v) is 7.51. The van der Waals surface area contributed by atoms with E-state index in [4.69, 9.17) is 15.1 Å². The minimum atomic E-state index is 0.691. The van der Waals surface area contributed by atoms with Crippen molar-refractivity contribution < 1.29 is 0 Å². The predicted molar refractivity (Wildman–Crippen MR) is 227 cm³/mol. The summed E-state index contributed by atoms with van der Waals surface area (Å²) in [7, 11) is 0. The zero-order valence-corrected chi connectivity index (χ0v) is 29.9. The van der Waals surface area contributed by atoms with Gasteiger partial charge in [0.1, 0.15) is 5.69 Å². The third-order valence-corrected chi connectivity index (χ3v) is 10.3. The van der Waals surface area contributed by atoms with Gasteiger partial charge < -0.3 is 0 Å². The van der Waals surface area contributed by atoms with Crippen LogP contribution in [0, 0.1) is 0 Å². The zero-order valence-electron chi connectivity index (χ0n) is 29.9. The normalized spacial score (nSPS) is 11.3. The molecule has 0 atom stereocenters. The van der Waals surface area contributed by atoms with E-state index in [2.05, 4.69) is 181 Å². The molecule has 0 bridgehead atoms. The molecule has 4 nitrogen and oxygen atoms in total. The molecular weight excluding hydrogens is 669 g/mol. The molecule has 0 fully saturated rings. The van der Waals surface area contributed by atoms with Gasteiger partial charge in [-0.05, 0) is 51.9 Å². The summed E-state index contributed by atoms with van der Waals surface area (Å²) in [5.41, 5.74) is 13.5. The molecule has 4 heteroatoms. The maximum absolute atomic E-state index is 5.40. The maximum Gasteiger partial charge on any atom is 0.160 e. The van der Waals surface area contributed by atoms with Gasteiger partial charge in [-0.2, -0.15) is 5.10 Å². The Morgan fingerprint density at radius 3 is 1.45 bits per heavy atom. The van der Waals surface area contributed by atoms with Crippen molar-refractivity contribution in [1.82, 2.24) is 19.7 Å². The van der Waals surface area contributed by atoms with Crippen LogP contribution in [0.3, 0.4) is 0 Å². The van der Waals surface area contributed by atoms with Crippen LogP contribution in [0.25, 0.3) is 94.8 Å². The van der Waals surface area contributed by atoms with E-state index in [0.717, 1.165) is 72.4 Å². The highest BCUT2D eigenvalue weighted by atomic mass is 15.3. The van der Waals surface area contributed by atoms with Crippen LogP contribution in [0.5, 0.6) is 0 Å². The maximum atomic E-state index is 5.40. The number of rotatable bonds is 7. The minimum absolute atomic E-state index is 0.691. The predicted octanol–water partition coefficient (Wildman–Crippen LogP) is 13.0. The fourth-order valence-electron chi connectivity index (χ4n) is 7.51. The van der Waals surface area contributed by atoms with Crippen molar-refractivity contribution in [1.29, 1.82) is 0 Å². The molecular formula is C51H34N4. The van der Waals surface area contributed by atoms with Crippen molar-refractivity contribution in [2.75, 3.05) is 0 Å². The summed E-state index contributed by atoms with van der Waals surface area (Å²) in [6.45, 7) is 0. The van der Waals surface area contributed by atoms with E-state index in [9.17, 15) is 0 Å².